The van der Waals surface area contributed by atoms with Gasteiger partial charge in [0.1, 0.15) is 12.4 Å². The first kappa shape index (κ1) is 11.8. The quantitative estimate of drug-likeness (QED) is 0.810. The highest BCUT2D eigenvalue weighted by Gasteiger charge is 2.34. The third-order valence-electron chi connectivity index (χ3n) is 3.36. The van der Waals surface area contributed by atoms with Crippen molar-refractivity contribution in [2.75, 3.05) is 30.5 Å². The van der Waals surface area contributed by atoms with Gasteiger partial charge in [-0.15, -0.1) is 0 Å². The molecule has 1 saturated heterocycles. The second kappa shape index (κ2) is 4.44. The van der Waals surface area contributed by atoms with Crippen molar-refractivity contribution >= 4 is 15.9 Å². The van der Waals surface area contributed by atoms with Gasteiger partial charge in [-0.25, -0.2) is 0 Å². The van der Waals surface area contributed by atoms with Gasteiger partial charge in [0.05, 0.1) is 12.2 Å². The van der Waals surface area contributed by atoms with E-state index in [2.05, 4.69) is 0 Å². The fraction of sp³-hybridized carbons (Fsp3) is 0.500. The molecule has 3 rings (SSSR count). The van der Waals surface area contributed by atoms with Gasteiger partial charge in [0.15, 0.2) is 0 Å². The predicted octanol–water partition coefficient (Wildman–Crippen LogP) is 1.23. The van der Waals surface area contributed by atoms with Crippen LogP contribution in [0.25, 0.3) is 0 Å². The van der Waals surface area contributed by atoms with Gasteiger partial charge in [-0.2, -0.15) is 12.7 Å². The van der Waals surface area contributed by atoms with Crippen LogP contribution in [0.4, 0.5) is 5.69 Å². The molecule has 98 valence electrons. The van der Waals surface area contributed by atoms with Crippen LogP contribution in [0.1, 0.15) is 12.8 Å². The molecule has 0 spiro atoms. The third kappa shape index (κ3) is 1.85. The van der Waals surface area contributed by atoms with Crippen LogP contribution in [0.3, 0.4) is 0 Å². The zero-order valence-electron chi connectivity index (χ0n) is 10.1. The average Bonchev–Trinajstić information content (AvgIpc) is 2.92. The number of anilines is 1. The van der Waals surface area contributed by atoms with Gasteiger partial charge in [0, 0.05) is 13.1 Å². The SMILES string of the molecule is O=S(=O)(N1CCCC1)N1CCOc2ccccc21. The van der Waals surface area contributed by atoms with Crippen molar-refractivity contribution in [1.82, 2.24) is 4.31 Å². The van der Waals surface area contributed by atoms with Crippen LogP contribution in [0.5, 0.6) is 5.75 Å². The molecule has 0 atom stereocenters. The first-order valence-corrected chi connectivity index (χ1v) is 7.59. The van der Waals surface area contributed by atoms with E-state index in [9.17, 15) is 8.42 Å². The van der Waals surface area contributed by atoms with E-state index < -0.39 is 10.2 Å². The summed E-state index contributed by atoms with van der Waals surface area (Å²) in [5.74, 6) is 0.645. The molecule has 0 bridgehead atoms. The maximum absolute atomic E-state index is 12.5. The van der Waals surface area contributed by atoms with Crippen LogP contribution in [0.2, 0.25) is 0 Å². The number of benzene rings is 1. The Morgan fingerprint density at radius 2 is 1.78 bits per heavy atom. The van der Waals surface area contributed by atoms with E-state index in [1.807, 2.05) is 12.1 Å². The van der Waals surface area contributed by atoms with E-state index >= 15 is 0 Å². The Hall–Kier alpha value is -1.27. The molecule has 6 heteroatoms. The summed E-state index contributed by atoms with van der Waals surface area (Å²) in [6, 6.07) is 7.29. The number of hydrogen-bond acceptors (Lipinski definition) is 3. The fourth-order valence-electron chi connectivity index (χ4n) is 2.44. The molecule has 2 aliphatic heterocycles. The first-order valence-electron chi connectivity index (χ1n) is 6.19. The van der Waals surface area contributed by atoms with E-state index in [4.69, 9.17) is 4.74 Å². The number of hydrogen-bond donors (Lipinski definition) is 0. The summed E-state index contributed by atoms with van der Waals surface area (Å²) in [5, 5.41) is 0. The zero-order valence-corrected chi connectivity index (χ0v) is 10.9. The molecular weight excluding hydrogens is 252 g/mol. The van der Waals surface area contributed by atoms with Crippen molar-refractivity contribution < 1.29 is 13.2 Å². The largest absolute Gasteiger partial charge is 0.489 e. The van der Waals surface area contributed by atoms with E-state index in [1.54, 1.807) is 16.4 Å². The third-order valence-corrected chi connectivity index (χ3v) is 5.31. The minimum atomic E-state index is -3.39. The summed E-state index contributed by atoms with van der Waals surface area (Å²) in [4.78, 5) is 0. The number of ether oxygens (including phenoxy) is 1. The van der Waals surface area contributed by atoms with E-state index in [0.717, 1.165) is 12.8 Å². The topological polar surface area (TPSA) is 49.9 Å². The van der Waals surface area contributed by atoms with Crippen molar-refractivity contribution in [3.8, 4) is 5.75 Å². The summed E-state index contributed by atoms with van der Waals surface area (Å²) in [6.45, 7) is 2.05. The van der Waals surface area contributed by atoms with Crippen molar-refractivity contribution in [2.24, 2.45) is 0 Å². The molecule has 0 aliphatic carbocycles. The average molecular weight is 268 g/mol. The van der Waals surface area contributed by atoms with Gasteiger partial charge in [0.25, 0.3) is 0 Å². The van der Waals surface area contributed by atoms with Crippen LogP contribution < -0.4 is 9.04 Å². The second-order valence-corrected chi connectivity index (χ2v) is 6.36. The summed E-state index contributed by atoms with van der Waals surface area (Å²) in [6.07, 6.45) is 1.90. The first-order chi connectivity index (χ1) is 8.69. The lowest BCUT2D eigenvalue weighted by atomic mass is 10.2. The maximum atomic E-state index is 12.5. The number of rotatable bonds is 2. The summed E-state index contributed by atoms with van der Waals surface area (Å²) in [5.41, 5.74) is 0.649. The van der Waals surface area contributed by atoms with Crippen LogP contribution >= 0.6 is 0 Å². The summed E-state index contributed by atoms with van der Waals surface area (Å²) < 4.78 is 33.6. The van der Waals surface area contributed by atoms with Gasteiger partial charge in [-0.05, 0) is 25.0 Å². The van der Waals surface area contributed by atoms with Crippen LogP contribution in [0.15, 0.2) is 24.3 Å². The highest BCUT2D eigenvalue weighted by atomic mass is 32.2. The van der Waals surface area contributed by atoms with Crippen LogP contribution in [-0.2, 0) is 10.2 Å². The summed E-state index contributed by atoms with van der Waals surface area (Å²) >= 11 is 0. The monoisotopic (exact) mass is 268 g/mol. The molecule has 0 amide bonds. The van der Waals surface area contributed by atoms with Gasteiger partial charge >= 0.3 is 10.2 Å². The smallest absolute Gasteiger partial charge is 0.304 e. The summed E-state index contributed by atoms with van der Waals surface area (Å²) in [7, 11) is -3.39. The number of fused-ring (bicyclic) bond motifs is 1. The molecule has 0 radical (unpaired) electrons. The standard InChI is InChI=1S/C12H16N2O3S/c15-18(16,13-7-3-4-8-13)14-9-10-17-12-6-2-1-5-11(12)14/h1-2,5-6H,3-4,7-10H2. The van der Waals surface area contributed by atoms with E-state index in [1.165, 1.54) is 4.31 Å². The Bertz CT molecular complexity index is 538. The molecule has 1 aromatic carbocycles. The molecule has 5 nitrogen and oxygen atoms in total. The molecule has 0 unspecified atom stereocenters. The highest BCUT2D eigenvalue weighted by molar-refractivity contribution is 7.90. The van der Waals surface area contributed by atoms with E-state index in [-0.39, 0.29) is 0 Å². The molecule has 18 heavy (non-hydrogen) atoms. The molecule has 0 aromatic heterocycles. The van der Waals surface area contributed by atoms with Crippen LogP contribution in [0, 0.1) is 0 Å². The molecule has 0 saturated carbocycles. The minimum Gasteiger partial charge on any atom is -0.489 e. The normalized spacial score (nSPS) is 20.6. The lowest BCUT2D eigenvalue weighted by Crippen LogP contribution is -2.46. The zero-order chi connectivity index (χ0) is 12.6. The minimum absolute atomic E-state index is 0.385. The molecule has 2 aliphatic rings. The van der Waals surface area contributed by atoms with Gasteiger partial charge in [0.2, 0.25) is 0 Å². The Morgan fingerprint density at radius 3 is 2.56 bits per heavy atom. The lowest BCUT2D eigenvalue weighted by Gasteiger charge is -2.33. The molecular formula is C12H16N2O3S. The molecule has 1 aromatic rings. The van der Waals surface area contributed by atoms with Crippen molar-refractivity contribution in [3.05, 3.63) is 24.3 Å². The molecule has 0 N–H and O–H groups in total. The van der Waals surface area contributed by atoms with Crippen LogP contribution in [-0.4, -0.2) is 39.0 Å². The van der Waals surface area contributed by atoms with Crippen molar-refractivity contribution in [2.45, 2.75) is 12.8 Å². The van der Waals surface area contributed by atoms with Gasteiger partial charge in [-0.3, -0.25) is 4.31 Å². The Balaban J connectivity index is 1.98. The highest BCUT2D eigenvalue weighted by Crippen LogP contribution is 2.34. The van der Waals surface area contributed by atoms with Gasteiger partial charge < -0.3 is 4.74 Å². The number of para-hydroxylation sites is 2. The predicted molar refractivity (Wildman–Crippen MR) is 69.0 cm³/mol. The lowest BCUT2D eigenvalue weighted by molar-refractivity contribution is 0.314. The van der Waals surface area contributed by atoms with Gasteiger partial charge in [-0.1, -0.05) is 12.1 Å². The van der Waals surface area contributed by atoms with E-state index in [0.29, 0.717) is 37.7 Å². The Kier molecular flexibility index (Phi) is 2.91. The maximum Gasteiger partial charge on any atom is 0.304 e. The second-order valence-electron chi connectivity index (χ2n) is 4.50. The molecule has 1 fully saturated rings. The number of nitrogens with zero attached hydrogens (tertiary/aromatic N) is 2. The Morgan fingerprint density at radius 1 is 1.06 bits per heavy atom. The molecule has 2 heterocycles. The van der Waals surface area contributed by atoms with Crippen molar-refractivity contribution in [3.63, 3.8) is 0 Å². The Labute approximate surface area is 107 Å². The fourth-order valence-corrected chi connectivity index (χ4v) is 4.15. The van der Waals surface area contributed by atoms with Crippen molar-refractivity contribution in [1.29, 1.82) is 0 Å².